The van der Waals surface area contributed by atoms with Crippen LogP contribution < -0.4 is 4.74 Å². The smallest absolute Gasteiger partial charge is 0.189 e. The molecule has 0 amide bonds. The van der Waals surface area contributed by atoms with Gasteiger partial charge in [0.2, 0.25) is 0 Å². The van der Waals surface area contributed by atoms with E-state index >= 15 is 0 Å². The topological polar surface area (TPSA) is 26.3 Å². The third-order valence-electron chi connectivity index (χ3n) is 3.60. The van der Waals surface area contributed by atoms with Crippen molar-refractivity contribution in [2.24, 2.45) is 0 Å². The van der Waals surface area contributed by atoms with E-state index in [9.17, 15) is 4.79 Å². The molecule has 0 atom stereocenters. The maximum atomic E-state index is 12.6. The van der Waals surface area contributed by atoms with E-state index < -0.39 is 5.60 Å². The number of hydrogen-bond donors (Lipinski definition) is 0. The molecule has 23 heavy (non-hydrogen) atoms. The number of carbonyl (C=O) groups is 1. The van der Waals surface area contributed by atoms with Crippen LogP contribution in [0.5, 0.6) is 5.75 Å². The highest BCUT2D eigenvalue weighted by Gasteiger charge is 2.26. The van der Waals surface area contributed by atoms with Crippen molar-refractivity contribution in [1.82, 2.24) is 0 Å². The number of rotatable bonds is 3. The SMILES string of the molecule is CC1(C)C=Cc2cc(Br)cc(C(=O)/C=C/c3ccccc3)c2O1. The number of ether oxygens (including phenoxy) is 1. The number of benzene rings is 2. The van der Waals surface area contributed by atoms with Gasteiger partial charge in [0.15, 0.2) is 5.78 Å². The first-order chi connectivity index (χ1) is 10.9. The molecular weight excluding hydrogens is 352 g/mol. The Kier molecular flexibility index (Phi) is 4.22. The third kappa shape index (κ3) is 3.62. The van der Waals surface area contributed by atoms with Crippen molar-refractivity contribution in [1.29, 1.82) is 0 Å². The van der Waals surface area contributed by atoms with Crippen molar-refractivity contribution in [3.8, 4) is 5.75 Å². The van der Waals surface area contributed by atoms with Crippen LogP contribution in [0.25, 0.3) is 12.2 Å². The quantitative estimate of drug-likeness (QED) is 0.525. The summed E-state index contributed by atoms with van der Waals surface area (Å²) < 4.78 is 6.88. The average Bonchev–Trinajstić information content (AvgIpc) is 2.53. The van der Waals surface area contributed by atoms with E-state index in [-0.39, 0.29) is 5.78 Å². The van der Waals surface area contributed by atoms with E-state index in [1.165, 1.54) is 0 Å². The summed E-state index contributed by atoms with van der Waals surface area (Å²) >= 11 is 3.47. The summed E-state index contributed by atoms with van der Waals surface area (Å²) in [7, 11) is 0. The Labute approximate surface area is 144 Å². The van der Waals surface area contributed by atoms with Crippen LogP contribution in [-0.4, -0.2) is 11.4 Å². The zero-order chi connectivity index (χ0) is 16.4. The van der Waals surface area contributed by atoms with Gasteiger partial charge in [-0.15, -0.1) is 0 Å². The van der Waals surface area contributed by atoms with E-state index in [4.69, 9.17) is 4.74 Å². The molecule has 0 saturated heterocycles. The van der Waals surface area contributed by atoms with Gasteiger partial charge in [-0.3, -0.25) is 4.79 Å². The van der Waals surface area contributed by atoms with Crippen molar-refractivity contribution in [3.63, 3.8) is 0 Å². The molecule has 0 saturated carbocycles. The average molecular weight is 369 g/mol. The first-order valence-corrected chi connectivity index (χ1v) is 8.23. The van der Waals surface area contributed by atoms with Gasteiger partial charge in [-0.25, -0.2) is 0 Å². The predicted octanol–water partition coefficient (Wildman–Crippen LogP) is 5.53. The minimum Gasteiger partial charge on any atom is -0.482 e. The number of ketones is 1. The highest BCUT2D eigenvalue weighted by molar-refractivity contribution is 9.10. The van der Waals surface area contributed by atoms with Gasteiger partial charge in [0, 0.05) is 10.0 Å². The second-order valence-corrected chi connectivity index (χ2v) is 6.93. The summed E-state index contributed by atoms with van der Waals surface area (Å²) in [5.74, 6) is 0.570. The highest BCUT2D eigenvalue weighted by atomic mass is 79.9. The van der Waals surface area contributed by atoms with E-state index in [1.54, 1.807) is 6.08 Å². The standard InChI is InChI=1S/C20H17BrO2/c1-20(2)11-10-15-12-16(21)13-17(19(15)23-20)18(22)9-8-14-6-4-3-5-7-14/h3-13H,1-2H3/b9-8+. The molecule has 2 nitrogen and oxygen atoms in total. The van der Waals surface area contributed by atoms with Crippen LogP contribution in [0.1, 0.15) is 35.3 Å². The summed E-state index contributed by atoms with van der Waals surface area (Å²) in [5, 5.41) is 0. The lowest BCUT2D eigenvalue weighted by atomic mass is 9.98. The maximum Gasteiger partial charge on any atom is 0.189 e. The Morgan fingerprint density at radius 3 is 2.65 bits per heavy atom. The van der Waals surface area contributed by atoms with Gasteiger partial charge in [0.1, 0.15) is 11.4 Å². The highest BCUT2D eigenvalue weighted by Crippen LogP contribution is 2.36. The minimum absolute atomic E-state index is 0.0718. The molecule has 0 aromatic heterocycles. The Bertz CT molecular complexity index is 802. The minimum atomic E-state index is -0.418. The molecule has 116 valence electrons. The summed E-state index contributed by atoms with van der Waals surface area (Å²) in [6.45, 7) is 3.95. The third-order valence-corrected chi connectivity index (χ3v) is 4.06. The predicted molar refractivity (Wildman–Crippen MR) is 97.7 cm³/mol. The summed E-state index contributed by atoms with van der Waals surface area (Å²) in [5.41, 5.74) is 2.05. The molecule has 0 aliphatic carbocycles. The Hall–Kier alpha value is -2.13. The van der Waals surface area contributed by atoms with Crippen LogP contribution in [-0.2, 0) is 0 Å². The van der Waals surface area contributed by atoms with E-state index in [0.717, 1.165) is 15.6 Å². The number of halogens is 1. The first kappa shape index (κ1) is 15.8. The van der Waals surface area contributed by atoms with Crippen LogP contribution in [0.4, 0.5) is 0 Å². The molecule has 2 aromatic carbocycles. The first-order valence-electron chi connectivity index (χ1n) is 7.44. The summed E-state index contributed by atoms with van der Waals surface area (Å²) in [4.78, 5) is 12.6. The molecule has 2 aromatic rings. The van der Waals surface area contributed by atoms with Gasteiger partial charge < -0.3 is 4.74 Å². The fourth-order valence-corrected chi connectivity index (χ4v) is 2.92. The van der Waals surface area contributed by atoms with Crippen LogP contribution in [0.2, 0.25) is 0 Å². The zero-order valence-corrected chi connectivity index (χ0v) is 14.6. The molecular formula is C20H17BrO2. The van der Waals surface area contributed by atoms with Gasteiger partial charge in [-0.2, -0.15) is 0 Å². The fourth-order valence-electron chi connectivity index (χ4n) is 2.45. The molecule has 3 heteroatoms. The Morgan fingerprint density at radius 2 is 1.91 bits per heavy atom. The molecule has 0 radical (unpaired) electrons. The largest absolute Gasteiger partial charge is 0.482 e. The summed E-state index contributed by atoms with van der Waals surface area (Å²) in [6.07, 6.45) is 7.41. The lowest BCUT2D eigenvalue weighted by Gasteiger charge is -2.29. The van der Waals surface area contributed by atoms with Crippen molar-refractivity contribution in [3.05, 3.63) is 75.8 Å². The second-order valence-electron chi connectivity index (χ2n) is 6.02. The van der Waals surface area contributed by atoms with Crippen molar-refractivity contribution in [2.75, 3.05) is 0 Å². The number of fused-ring (bicyclic) bond motifs is 1. The lowest BCUT2D eigenvalue weighted by Crippen LogP contribution is -2.28. The molecule has 1 aliphatic rings. The zero-order valence-electron chi connectivity index (χ0n) is 13.0. The Morgan fingerprint density at radius 1 is 1.17 bits per heavy atom. The second kappa shape index (κ2) is 6.17. The number of carbonyl (C=O) groups excluding carboxylic acids is 1. The fraction of sp³-hybridized carbons (Fsp3) is 0.150. The van der Waals surface area contributed by atoms with Crippen LogP contribution in [0.15, 0.2) is 59.1 Å². The monoisotopic (exact) mass is 368 g/mol. The van der Waals surface area contributed by atoms with Crippen molar-refractivity contribution in [2.45, 2.75) is 19.4 Å². The van der Waals surface area contributed by atoms with E-state index in [0.29, 0.717) is 11.3 Å². The van der Waals surface area contributed by atoms with E-state index in [1.807, 2.05) is 74.5 Å². The van der Waals surface area contributed by atoms with Gasteiger partial charge in [0.05, 0.1) is 5.56 Å². The molecule has 1 heterocycles. The normalized spacial score (nSPS) is 15.3. The van der Waals surface area contributed by atoms with Gasteiger partial charge in [0.25, 0.3) is 0 Å². The molecule has 0 bridgehead atoms. The molecule has 0 fully saturated rings. The lowest BCUT2D eigenvalue weighted by molar-refractivity contribution is 0.103. The van der Waals surface area contributed by atoms with Gasteiger partial charge in [-0.1, -0.05) is 58.4 Å². The molecule has 0 unspecified atom stereocenters. The molecule has 0 spiro atoms. The maximum absolute atomic E-state index is 12.6. The van der Waals surface area contributed by atoms with Crippen LogP contribution in [0.3, 0.4) is 0 Å². The number of allylic oxidation sites excluding steroid dienone is 1. The van der Waals surface area contributed by atoms with Crippen LogP contribution >= 0.6 is 15.9 Å². The molecule has 3 rings (SSSR count). The van der Waals surface area contributed by atoms with Gasteiger partial charge >= 0.3 is 0 Å². The van der Waals surface area contributed by atoms with E-state index in [2.05, 4.69) is 15.9 Å². The molecule has 0 N–H and O–H groups in total. The number of hydrogen-bond acceptors (Lipinski definition) is 2. The van der Waals surface area contributed by atoms with Gasteiger partial charge in [-0.05, 0) is 43.7 Å². The Balaban J connectivity index is 1.97. The summed E-state index contributed by atoms with van der Waals surface area (Å²) in [6, 6.07) is 13.5. The van der Waals surface area contributed by atoms with Crippen molar-refractivity contribution >= 4 is 33.9 Å². The molecule has 1 aliphatic heterocycles. The van der Waals surface area contributed by atoms with Crippen LogP contribution in [0, 0.1) is 0 Å². The van der Waals surface area contributed by atoms with Crippen molar-refractivity contribution < 1.29 is 9.53 Å².